The number of halogens is 3. The molecule has 0 aliphatic carbocycles. The number of carbonyl (C=O) groups excluding carboxylic acids is 1. The van der Waals surface area contributed by atoms with E-state index in [0.717, 1.165) is 17.5 Å². The van der Waals surface area contributed by atoms with Gasteiger partial charge in [0.1, 0.15) is 12.0 Å². The molecular formula is C15H18F3NO3. The van der Waals surface area contributed by atoms with E-state index in [0.29, 0.717) is 24.4 Å². The van der Waals surface area contributed by atoms with Crippen molar-refractivity contribution < 1.29 is 27.4 Å². The zero-order chi connectivity index (χ0) is 16.3. The Morgan fingerprint density at radius 1 is 1.27 bits per heavy atom. The number of anilines is 1. The number of hydrogen-bond acceptors (Lipinski definition) is 4. The molecule has 1 aliphatic rings. The van der Waals surface area contributed by atoms with Crippen LogP contribution in [-0.2, 0) is 4.74 Å². The Morgan fingerprint density at radius 2 is 1.91 bits per heavy atom. The zero-order valence-electron chi connectivity index (χ0n) is 12.4. The highest BCUT2D eigenvalue weighted by molar-refractivity contribution is 5.80. The molecule has 1 fully saturated rings. The summed E-state index contributed by atoms with van der Waals surface area (Å²) < 4.78 is 46.0. The molecule has 122 valence electrons. The third kappa shape index (κ3) is 3.91. The van der Waals surface area contributed by atoms with Crippen molar-refractivity contribution in [2.24, 2.45) is 0 Å². The summed E-state index contributed by atoms with van der Waals surface area (Å²) in [5.41, 5.74) is 2.15. The number of carbonyl (C=O) groups is 1. The molecule has 1 aliphatic heterocycles. The van der Waals surface area contributed by atoms with E-state index in [1.54, 1.807) is 12.1 Å². The van der Waals surface area contributed by atoms with Crippen LogP contribution in [0.4, 0.5) is 18.9 Å². The Bertz CT molecular complexity index is 538. The first-order valence-corrected chi connectivity index (χ1v) is 6.97. The molecule has 22 heavy (non-hydrogen) atoms. The first-order chi connectivity index (χ1) is 10.3. The fourth-order valence-electron chi connectivity index (χ4n) is 2.71. The molecule has 0 radical (unpaired) electrons. The van der Waals surface area contributed by atoms with Gasteiger partial charge in [-0.05, 0) is 31.9 Å². The van der Waals surface area contributed by atoms with Gasteiger partial charge in [-0.2, -0.15) is 0 Å². The third-order valence-corrected chi connectivity index (χ3v) is 3.79. The van der Waals surface area contributed by atoms with Gasteiger partial charge in [-0.15, -0.1) is 13.2 Å². The van der Waals surface area contributed by atoms with Crippen LogP contribution in [0.25, 0.3) is 0 Å². The molecule has 0 amide bonds. The lowest BCUT2D eigenvalue weighted by molar-refractivity contribution is -0.344. The molecule has 0 aromatic heterocycles. The second kappa shape index (κ2) is 6.56. The fraction of sp³-hybridized carbons (Fsp3) is 0.533. The average Bonchev–Trinajstić information content (AvgIpc) is 2.47. The largest absolute Gasteiger partial charge is 0.522 e. The Hall–Kier alpha value is -1.76. The van der Waals surface area contributed by atoms with Gasteiger partial charge in [-0.3, -0.25) is 9.53 Å². The third-order valence-electron chi connectivity index (χ3n) is 3.79. The van der Waals surface area contributed by atoms with Gasteiger partial charge in [0.15, 0.2) is 0 Å². The number of benzene rings is 1. The van der Waals surface area contributed by atoms with E-state index in [9.17, 15) is 18.0 Å². The minimum absolute atomic E-state index is 0.284. The van der Waals surface area contributed by atoms with Crippen molar-refractivity contribution in [3.8, 4) is 5.75 Å². The van der Waals surface area contributed by atoms with E-state index >= 15 is 0 Å². The maximum atomic E-state index is 12.2. The highest BCUT2D eigenvalue weighted by Gasteiger charge is 2.35. The fourth-order valence-corrected chi connectivity index (χ4v) is 2.71. The predicted molar refractivity (Wildman–Crippen MR) is 75.5 cm³/mol. The first kappa shape index (κ1) is 16.6. The average molecular weight is 317 g/mol. The van der Waals surface area contributed by atoms with Gasteiger partial charge in [-0.1, -0.05) is 0 Å². The Balaban J connectivity index is 2.12. The normalized spacial score (nSPS) is 16.7. The van der Waals surface area contributed by atoms with E-state index in [1.165, 1.54) is 7.11 Å². The van der Waals surface area contributed by atoms with E-state index in [1.807, 2.05) is 11.8 Å². The number of methoxy groups -OCH3 is 1. The van der Waals surface area contributed by atoms with Crippen molar-refractivity contribution in [1.29, 1.82) is 0 Å². The molecule has 2 rings (SSSR count). The maximum Gasteiger partial charge on any atom is 0.522 e. The van der Waals surface area contributed by atoms with Gasteiger partial charge in [0.05, 0.1) is 13.2 Å². The molecule has 1 heterocycles. The van der Waals surface area contributed by atoms with E-state index in [2.05, 4.69) is 4.74 Å². The minimum atomic E-state index is -4.59. The smallest absolute Gasteiger partial charge is 0.496 e. The van der Waals surface area contributed by atoms with Crippen LogP contribution in [0.3, 0.4) is 0 Å². The van der Waals surface area contributed by atoms with Gasteiger partial charge in [0.2, 0.25) is 0 Å². The molecule has 1 saturated heterocycles. The second-order valence-electron chi connectivity index (χ2n) is 5.24. The van der Waals surface area contributed by atoms with Gasteiger partial charge < -0.3 is 9.64 Å². The number of hydrogen-bond donors (Lipinski definition) is 0. The Labute approximate surface area is 126 Å². The van der Waals surface area contributed by atoms with Crippen molar-refractivity contribution in [2.45, 2.75) is 32.2 Å². The number of aldehydes is 1. The van der Waals surface area contributed by atoms with Crippen LogP contribution >= 0.6 is 0 Å². The molecule has 4 nitrogen and oxygen atoms in total. The van der Waals surface area contributed by atoms with E-state index in [4.69, 9.17) is 4.74 Å². The second-order valence-corrected chi connectivity index (χ2v) is 5.24. The lowest BCUT2D eigenvalue weighted by Crippen LogP contribution is -2.39. The SMILES string of the molecule is COc1cc(C=O)cc(N2CCC(OC(F)(F)F)CC2)c1C. The van der Waals surface area contributed by atoms with Crippen molar-refractivity contribution in [3.63, 3.8) is 0 Å². The highest BCUT2D eigenvalue weighted by atomic mass is 19.4. The summed E-state index contributed by atoms with van der Waals surface area (Å²) in [6.45, 7) is 2.74. The summed E-state index contributed by atoms with van der Waals surface area (Å²) in [7, 11) is 1.52. The maximum absolute atomic E-state index is 12.2. The van der Waals surface area contributed by atoms with Crippen LogP contribution in [0.5, 0.6) is 5.75 Å². The minimum Gasteiger partial charge on any atom is -0.496 e. The number of ether oxygens (including phenoxy) is 2. The monoisotopic (exact) mass is 317 g/mol. The first-order valence-electron chi connectivity index (χ1n) is 6.97. The summed E-state index contributed by atoms with van der Waals surface area (Å²) in [5.74, 6) is 0.591. The zero-order valence-corrected chi connectivity index (χ0v) is 12.4. The number of nitrogens with zero attached hydrogens (tertiary/aromatic N) is 1. The topological polar surface area (TPSA) is 38.8 Å². The van der Waals surface area contributed by atoms with Crippen molar-refractivity contribution in [3.05, 3.63) is 23.3 Å². The van der Waals surface area contributed by atoms with Gasteiger partial charge in [-0.25, -0.2) is 0 Å². The van der Waals surface area contributed by atoms with Gasteiger partial charge in [0, 0.05) is 29.9 Å². The van der Waals surface area contributed by atoms with Gasteiger partial charge in [0.25, 0.3) is 0 Å². The molecule has 7 heteroatoms. The van der Waals surface area contributed by atoms with E-state index < -0.39 is 12.5 Å². The predicted octanol–water partition coefficient (Wildman–Crippen LogP) is 3.32. The summed E-state index contributed by atoms with van der Waals surface area (Å²) >= 11 is 0. The van der Waals surface area contributed by atoms with Crippen molar-refractivity contribution in [1.82, 2.24) is 0 Å². The Kier molecular flexibility index (Phi) is 4.95. The van der Waals surface area contributed by atoms with Crippen LogP contribution in [0.15, 0.2) is 12.1 Å². The van der Waals surface area contributed by atoms with Gasteiger partial charge >= 0.3 is 6.36 Å². The number of rotatable bonds is 4. The van der Waals surface area contributed by atoms with Crippen molar-refractivity contribution >= 4 is 12.0 Å². The molecule has 0 bridgehead atoms. The molecule has 1 aromatic carbocycles. The lowest BCUT2D eigenvalue weighted by Gasteiger charge is -2.35. The van der Waals surface area contributed by atoms with Crippen LogP contribution in [0.2, 0.25) is 0 Å². The lowest BCUT2D eigenvalue weighted by atomic mass is 10.0. The molecule has 0 spiro atoms. The summed E-state index contributed by atoms with van der Waals surface area (Å²) in [5, 5.41) is 0. The van der Waals surface area contributed by atoms with Crippen LogP contribution in [0.1, 0.15) is 28.8 Å². The molecule has 0 N–H and O–H groups in total. The number of alkyl halides is 3. The molecule has 0 unspecified atom stereocenters. The van der Waals surface area contributed by atoms with Crippen LogP contribution in [-0.4, -0.2) is 39.0 Å². The van der Waals surface area contributed by atoms with E-state index in [-0.39, 0.29) is 12.8 Å². The Morgan fingerprint density at radius 3 is 2.41 bits per heavy atom. The number of piperidine rings is 1. The summed E-state index contributed by atoms with van der Waals surface area (Å²) in [6.07, 6.45) is -4.11. The standard InChI is InChI=1S/C15H18F3NO3/c1-10-13(7-11(9-20)8-14(10)21-2)19-5-3-12(4-6-19)22-15(16,17)18/h7-9,12H,3-6H2,1-2H3. The molecular weight excluding hydrogens is 299 g/mol. The summed E-state index contributed by atoms with van der Waals surface area (Å²) in [4.78, 5) is 13.0. The molecule has 0 atom stereocenters. The van der Waals surface area contributed by atoms with Crippen LogP contribution in [0, 0.1) is 6.92 Å². The molecule has 1 aromatic rings. The quantitative estimate of drug-likeness (QED) is 0.799. The highest BCUT2D eigenvalue weighted by Crippen LogP contribution is 2.33. The van der Waals surface area contributed by atoms with Crippen LogP contribution < -0.4 is 9.64 Å². The molecule has 0 saturated carbocycles. The summed E-state index contributed by atoms with van der Waals surface area (Å²) in [6, 6.07) is 3.38. The van der Waals surface area contributed by atoms with Crippen molar-refractivity contribution in [2.75, 3.05) is 25.1 Å².